The van der Waals surface area contributed by atoms with E-state index in [1.807, 2.05) is 0 Å². The number of hydrogen-bond acceptors (Lipinski definition) is 3. The highest BCUT2D eigenvalue weighted by Gasteiger charge is 2.26. The van der Waals surface area contributed by atoms with Crippen molar-refractivity contribution in [2.24, 2.45) is 10.8 Å². The van der Waals surface area contributed by atoms with E-state index in [0.717, 1.165) is 6.08 Å². The van der Waals surface area contributed by atoms with Crippen molar-refractivity contribution >= 4 is 17.5 Å². The van der Waals surface area contributed by atoms with Crippen LogP contribution in [0.1, 0.15) is 48.0 Å². The van der Waals surface area contributed by atoms with Gasteiger partial charge in [0.05, 0.1) is 0 Å². The number of Topliss-reactive ketones (excluding diaryl/α,β-unsaturated/α-hetero) is 1. The maximum absolute atomic E-state index is 11.8. The second kappa shape index (κ2) is 5.46. The van der Waals surface area contributed by atoms with Crippen molar-refractivity contribution in [1.82, 2.24) is 0 Å². The smallest absolute Gasteiger partial charge is 0.332 e. The van der Waals surface area contributed by atoms with Gasteiger partial charge in [0.1, 0.15) is 5.78 Å². The number of carboxylic acids is 1. The Kier molecular flexibility index (Phi) is 5.02. The average molecular weight is 254 g/mol. The van der Waals surface area contributed by atoms with Gasteiger partial charge in [0.2, 0.25) is 0 Å². The zero-order chi connectivity index (χ0) is 14.7. The SMILES string of the molecule is CC(C)(C)C(=O)/C=C(/CC(=O)C(C)(C)C)C(=O)O. The number of carboxylic acid groups (broad SMARTS) is 1. The Morgan fingerprint density at radius 3 is 1.67 bits per heavy atom. The summed E-state index contributed by atoms with van der Waals surface area (Å²) >= 11 is 0. The summed E-state index contributed by atoms with van der Waals surface area (Å²) in [7, 11) is 0. The molecule has 0 aromatic heterocycles. The Balaban J connectivity index is 5.14. The third-order valence-electron chi connectivity index (χ3n) is 2.51. The number of rotatable bonds is 4. The van der Waals surface area contributed by atoms with Gasteiger partial charge in [0.25, 0.3) is 0 Å². The normalized spacial score (nSPS) is 13.3. The van der Waals surface area contributed by atoms with Gasteiger partial charge in [0, 0.05) is 22.8 Å². The molecular weight excluding hydrogens is 232 g/mol. The fourth-order valence-electron chi connectivity index (χ4n) is 1.00. The van der Waals surface area contributed by atoms with Crippen molar-refractivity contribution in [2.75, 3.05) is 0 Å². The van der Waals surface area contributed by atoms with Crippen LogP contribution in [0.2, 0.25) is 0 Å². The van der Waals surface area contributed by atoms with Gasteiger partial charge in [-0.1, -0.05) is 41.5 Å². The Bertz CT molecular complexity index is 389. The van der Waals surface area contributed by atoms with E-state index in [4.69, 9.17) is 5.11 Å². The second-order valence-electron chi connectivity index (χ2n) is 6.44. The molecule has 18 heavy (non-hydrogen) atoms. The van der Waals surface area contributed by atoms with Crippen LogP contribution in [0.15, 0.2) is 11.6 Å². The minimum absolute atomic E-state index is 0.144. The van der Waals surface area contributed by atoms with Crippen LogP contribution in [-0.4, -0.2) is 22.6 Å². The third-order valence-corrected chi connectivity index (χ3v) is 2.51. The molecule has 4 heteroatoms. The summed E-state index contributed by atoms with van der Waals surface area (Å²) in [5.74, 6) is -1.70. The van der Waals surface area contributed by atoms with Crippen LogP contribution in [-0.2, 0) is 14.4 Å². The maximum atomic E-state index is 11.8. The molecule has 0 bridgehead atoms. The van der Waals surface area contributed by atoms with E-state index in [1.165, 1.54) is 0 Å². The molecule has 0 aliphatic heterocycles. The molecule has 0 aromatic carbocycles. The van der Waals surface area contributed by atoms with Crippen molar-refractivity contribution in [1.29, 1.82) is 0 Å². The molecule has 0 aliphatic rings. The molecule has 0 unspecified atom stereocenters. The van der Waals surface area contributed by atoms with E-state index < -0.39 is 16.8 Å². The van der Waals surface area contributed by atoms with Gasteiger partial charge >= 0.3 is 5.97 Å². The molecule has 0 saturated carbocycles. The van der Waals surface area contributed by atoms with Gasteiger partial charge in [-0.15, -0.1) is 0 Å². The van der Waals surface area contributed by atoms with Gasteiger partial charge in [0.15, 0.2) is 5.78 Å². The molecule has 0 aromatic rings. The van der Waals surface area contributed by atoms with Crippen LogP contribution in [0.4, 0.5) is 0 Å². The highest BCUT2D eigenvalue weighted by molar-refractivity contribution is 6.04. The Morgan fingerprint density at radius 1 is 0.944 bits per heavy atom. The molecule has 0 amide bonds. The highest BCUT2D eigenvalue weighted by Crippen LogP contribution is 2.22. The zero-order valence-corrected chi connectivity index (χ0v) is 12.0. The third kappa shape index (κ3) is 5.25. The fourth-order valence-corrected chi connectivity index (χ4v) is 1.00. The second-order valence-corrected chi connectivity index (χ2v) is 6.44. The first-order valence-corrected chi connectivity index (χ1v) is 5.87. The molecule has 0 atom stereocenters. The monoisotopic (exact) mass is 254 g/mol. The van der Waals surface area contributed by atoms with E-state index in [9.17, 15) is 14.4 Å². The zero-order valence-electron chi connectivity index (χ0n) is 12.0. The van der Waals surface area contributed by atoms with Gasteiger partial charge in [-0.25, -0.2) is 4.79 Å². The van der Waals surface area contributed by atoms with Gasteiger partial charge < -0.3 is 5.11 Å². The molecule has 102 valence electrons. The molecule has 0 radical (unpaired) electrons. The predicted octanol–water partition coefficient (Wildman–Crippen LogP) is 2.62. The van der Waals surface area contributed by atoms with Crippen molar-refractivity contribution in [2.45, 2.75) is 48.0 Å². The Hall–Kier alpha value is -1.45. The summed E-state index contributed by atoms with van der Waals surface area (Å²) in [6.45, 7) is 10.3. The first-order valence-electron chi connectivity index (χ1n) is 5.87. The Labute approximate surface area is 108 Å². The molecule has 0 rings (SSSR count). The fraction of sp³-hybridized carbons (Fsp3) is 0.643. The quantitative estimate of drug-likeness (QED) is 0.783. The standard InChI is InChI=1S/C14H22O4/c1-13(2,3)10(15)7-9(12(17)18)8-11(16)14(4,5)6/h7H,8H2,1-6H3,(H,17,18)/b9-7-. The Morgan fingerprint density at radius 2 is 1.39 bits per heavy atom. The predicted molar refractivity (Wildman–Crippen MR) is 69.3 cm³/mol. The summed E-state index contributed by atoms with van der Waals surface area (Å²) in [6.07, 6.45) is 0.854. The van der Waals surface area contributed by atoms with Gasteiger partial charge in [-0.2, -0.15) is 0 Å². The highest BCUT2D eigenvalue weighted by atomic mass is 16.4. The van der Waals surface area contributed by atoms with Crippen LogP contribution >= 0.6 is 0 Å². The summed E-state index contributed by atoms with van der Waals surface area (Å²) in [5.41, 5.74) is -1.40. The number of ketones is 2. The molecule has 0 fully saturated rings. The van der Waals surface area contributed by atoms with Crippen molar-refractivity contribution in [3.8, 4) is 0 Å². The first kappa shape index (κ1) is 16.6. The van der Waals surface area contributed by atoms with Gasteiger partial charge in [-0.05, 0) is 6.08 Å². The molecule has 0 spiro atoms. The van der Waals surface area contributed by atoms with Crippen molar-refractivity contribution in [3.05, 3.63) is 11.6 Å². The van der Waals surface area contributed by atoms with E-state index >= 15 is 0 Å². The minimum Gasteiger partial charge on any atom is -0.478 e. The van der Waals surface area contributed by atoms with Crippen LogP contribution in [0, 0.1) is 10.8 Å². The lowest BCUT2D eigenvalue weighted by molar-refractivity contribution is -0.135. The number of carbonyl (C=O) groups is 3. The lowest BCUT2D eigenvalue weighted by Gasteiger charge is -2.17. The topological polar surface area (TPSA) is 71.4 Å². The molecular formula is C14H22O4. The maximum Gasteiger partial charge on any atom is 0.332 e. The molecule has 1 N–H and O–H groups in total. The van der Waals surface area contributed by atoms with E-state index in [2.05, 4.69) is 0 Å². The van der Waals surface area contributed by atoms with Crippen LogP contribution < -0.4 is 0 Å². The number of aliphatic carboxylic acids is 1. The van der Waals surface area contributed by atoms with E-state index in [0.29, 0.717) is 0 Å². The van der Waals surface area contributed by atoms with Crippen LogP contribution in [0.25, 0.3) is 0 Å². The van der Waals surface area contributed by atoms with E-state index in [1.54, 1.807) is 41.5 Å². The number of allylic oxidation sites excluding steroid dienone is 1. The van der Waals surface area contributed by atoms with Crippen molar-refractivity contribution in [3.63, 3.8) is 0 Å². The lowest BCUT2D eigenvalue weighted by Crippen LogP contribution is -2.24. The summed E-state index contributed by atoms with van der Waals surface area (Å²) in [4.78, 5) is 34.6. The molecule has 0 aliphatic carbocycles. The summed E-state index contributed by atoms with van der Waals surface area (Å²) < 4.78 is 0. The van der Waals surface area contributed by atoms with Gasteiger partial charge in [-0.3, -0.25) is 9.59 Å². The molecule has 0 saturated heterocycles. The van der Waals surface area contributed by atoms with Crippen LogP contribution in [0.3, 0.4) is 0 Å². The average Bonchev–Trinajstić information content (AvgIpc) is 2.12. The summed E-state index contributed by atoms with van der Waals surface area (Å²) in [5, 5.41) is 9.03. The minimum atomic E-state index is -1.22. The van der Waals surface area contributed by atoms with E-state index in [-0.39, 0.29) is 23.6 Å². The first-order chi connectivity index (χ1) is 7.85. The largest absolute Gasteiger partial charge is 0.478 e. The van der Waals surface area contributed by atoms with Crippen LogP contribution in [0.5, 0.6) is 0 Å². The van der Waals surface area contributed by atoms with Crippen molar-refractivity contribution < 1.29 is 19.5 Å². The molecule has 4 nitrogen and oxygen atoms in total. The number of hydrogen-bond donors (Lipinski definition) is 1. The molecule has 0 heterocycles. The summed E-state index contributed by atoms with van der Waals surface area (Å²) in [6, 6.07) is 0. The number of carbonyl (C=O) groups excluding carboxylic acids is 2. The lowest BCUT2D eigenvalue weighted by atomic mass is 9.85.